The van der Waals surface area contributed by atoms with Crippen LogP contribution in [0.1, 0.15) is 285 Å². The molecule has 0 aliphatic rings. The number of esters is 4. The topological polar surface area (TPSA) is 105 Å². The van der Waals surface area contributed by atoms with Crippen LogP contribution in [0.2, 0.25) is 0 Å². The average molecular weight is 851 g/mol. The third-order valence-electron chi connectivity index (χ3n) is 11.7. The monoisotopic (exact) mass is 851 g/mol. The molecule has 0 aromatic rings. The molecule has 0 aromatic carbocycles. The quantitative estimate of drug-likeness (QED) is 0.0339. The van der Waals surface area contributed by atoms with Crippen molar-refractivity contribution in [3.8, 4) is 0 Å². The molecule has 0 unspecified atom stereocenters. The minimum Gasteiger partial charge on any atom is -0.462 e. The lowest BCUT2D eigenvalue weighted by molar-refractivity contribution is -0.183. The lowest BCUT2D eigenvalue weighted by Crippen LogP contribution is -2.42. The molecule has 0 amide bonds. The lowest BCUT2D eigenvalue weighted by Gasteiger charge is -2.27. The second kappa shape index (κ2) is 46.4. The van der Waals surface area contributed by atoms with Gasteiger partial charge in [-0.05, 0) is 25.7 Å². The van der Waals surface area contributed by atoms with Gasteiger partial charge in [-0.2, -0.15) is 0 Å². The molecule has 0 heterocycles. The second-order valence-corrected chi connectivity index (χ2v) is 17.7. The van der Waals surface area contributed by atoms with Gasteiger partial charge >= 0.3 is 23.9 Å². The molecule has 0 radical (unpaired) electrons. The van der Waals surface area contributed by atoms with Crippen LogP contribution in [0.5, 0.6) is 0 Å². The largest absolute Gasteiger partial charge is 0.462 e. The molecule has 0 fully saturated rings. The van der Waals surface area contributed by atoms with Gasteiger partial charge < -0.3 is 18.9 Å². The van der Waals surface area contributed by atoms with E-state index in [1.807, 2.05) is 0 Å². The van der Waals surface area contributed by atoms with Gasteiger partial charge in [0.1, 0.15) is 13.2 Å². The Morgan fingerprint density at radius 1 is 0.267 bits per heavy atom. The molecule has 0 N–H and O–H groups in total. The summed E-state index contributed by atoms with van der Waals surface area (Å²) in [4.78, 5) is 52.3. The summed E-state index contributed by atoms with van der Waals surface area (Å²) in [5.74, 6) is -1.56. The van der Waals surface area contributed by atoms with Gasteiger partial charge in [0.25, 0.3) is 0 Å². The summed E-state index contributed by atoms with van der Waals surface area (Å²) < 4.78 is 23.3. The Balaban J connectivity index is 5.40. The summed E-state index contributed by atoms with van der Waals surface area (Å²) in [6, 6.07) is 0. The fraction of sp³-hybridized carbons (Fsp3) is 0.923. The molecule has 8 heteroatoms. The minimum atomic E-state index is -1.06. The van der Waals surface area contributed by atoms with Crippen molar-refractivity contribution >= 4 is 23.9 Å². The Bertz CT molecular complexity index is 892. The van der Waals surface area contributed by atoms with E-state index in [1.165, 1.54) is 141 Å². The number of ether oxygens (including phenoxy) is 4. The number of rotatable bonds is 47. The van der Waals surface area contributed by atoms with Gasteiger partial charge in [-0.3, -0.25) is 19.2 Å². The van der Waals surface area contributed by atoms with Crippen LogP contribution in [0.3, 0.4) is 0 Å². The minimum absolute atomic E-state index is 0.232. The Kier molecular flexibility index (Phi) is 44.7. The van der Waals surface area contributed by atoms with E-state index in [9.17, 15) is 19.2 Å². The molecule has 0 saturated heterocycles. The van der Waals surface area contributed by atoms with Gasteiger partial charge in [-0.25, -0.2) is 0 Å². The maximum absolute atomic E-state index is 13.2. The van der Waals surface area contributed by atoms with Crippen LogP contribution >= 0.6 is 0 Å². The molecule has 0 rings (SSSR count). The number of hydrogen-bond donors (Lipinski definition) is 0. The number of unbranched alkanes of at least 4 members (excludes halogenated alkanes) is 32. The Labute approximate surface area is 370 Å². The highest BCUT2D eigenvalue weighted by Gasteiger charge is 2.32. The van der Waals surface area contributed by atoms with E-state index in [2.05, 4.69) is 27.7 Å². The molecule has 0 aromatic heterocycles. The van der Waals surface area contributed by atoms with E-state index in [0.29, 0.717) is 12.8 Å². The summed E-state index contributed by atoms with van der Waals surface area (Å²) in [5.41, 5.74) is 0. The van der Waals surface area contributed by atoms with Crippen LogP contribution in [0.25, 0.3) is 0 Å². The van der Waals surface area contributed by atoms with Gasteiger partial charge in [0.2, 0.25) is 0 Å². The zero-order chi connectivity index (χ0) is 44.0. The standard InChI is InChI=1S/C52H98O8/c1-5-9-13-17-21-25-29-33-37-41-49(53)57-45-47(59-51(55)43-39-35-31-27-23-19-15-11-7-3)48(60-52(56)44-40-36-32-28-24-20-16-12-8-4)46-58-50(54)42-38-34-30-26-22-18-14-10-6-2/h47-48H,5-46H2,1-4H3/t47-,48+. The van der Waals surface area contributed by atoms with Crippen LogP contribution < -0.4 is 0 Å². The van der Waals surface area contributed by atoms with Crippen molar-refractivity contribution in [1.29, 1.82) is 0 Å². The molecule has 0 aliphatic carbocycles. The van der Waals surface area contributed by atoms with Crippen molar-refractivity contribution in [3.05, 3.63) is 0 Å². The van der Waals surface area contributed by atoms with Gasteiger partial charge in [0, 0.05) is 25.7 Å². The zero-order valence-electron chi connectivity index (χ0n) is 40.1. The summed E-state index contributed by atoms with van der Waals surface area (Å²) in [6.45, 7) is 8.42. The first-order chi connectivity index (χ1) is 29.4. The van der Waals surface area contributed by atoms with E-state index in [4.69, 9.17) is 18.9 Å². The van der Waals surface area contributed by atoms with Crippen molar-refractivity contribution in [1.82, 2.24) is 0 Å². The molecular weight excluding hydrogens is 753 g/mol. The number of carbonyl (C=O) groups excluding carboxylic acids is 4. The molecule has 60 heavy (non-hydrogen) atoms. The highest BCUT2D eigenvalue weighted by Crippen LogP contribution is 2.18. The van der Waals surface area contributed by atoms with Crippen LogP contribution in [-0.4, -0.2) is 49.3 Å². The Morgan fingerprint density at radius 2 is 0.450 bits per heavy atom. The summed E-state index contributed by atoms with van der Waals surface area (Å²) in [7, 11) is 0. The fourth-order valence-corrected chi connectivity index (χ4v) is 7.70. The lowest BCUT2D eigenvalue weighted by atomic mass is 10.1. The first kappa shape index (κ1) is 57.9. The summed E-state index contributed by atoms with van der Waals surface area (Å²) in [6.07, 6.45) is 39.9. The first-order valence-electron chi connectivity index (χ1n) is 26.1. The second-order valence-electron chi connectivity index (χ2n) is 17.7. The predicted octanol–water partition coefficient (Wildman–Crippen LogP) is 15.6. The average Bonchev–Trinajstić information content (AvgIpc) is 3.24. The van der Waals surface area contributed by atoms with Crippen LogP contribution in [0, 0.1) is 0 Å². The Hall–Kier alpha value is -2.12. The number of carbonyl (C=O) groups is 4. The molecule has 0 aliphatic heterocycles. The van der Waals surface area contributed by atoms with Crippen molar-refractivity contribution in [2.75, 3.05) is 13.2 Å². The highest BCUT2D eigenvalue weighted by molar-refractivity contribution is 5.72. The highest BCUT2D eigenvalue weighted by atomic mass is 16.6. The van der Waals surface area contributed by atoms with Crippen LogP contribution in [0.15, 0.2) is 0 Å². The molecule has 8 nitrogen and oxygen atoms in total. The molecule has 0 spiro atoms. The van der Waals surface area contributed by atoms with Crippen LogP contribution in [-0.2, 0) is 38.1 Å². The van der Waals surface area contributed by atoms with E-state index in [0.717, 1.165) is 77.0 Å². The van der Waals surface area contributed by atoms with E-state index < -0.39 is 24.1 Å². The van der Waals surface area contributed by atoms with Crippen molar-refractivity contribution < 1.29 is 38.1 Å². The molecular formula is C52H98O8. The van der Waals surface area contributed by atoms with E-state index in [-0.39, 0.29) is 50.8 Å². The summed E-state index contributed by atoms with van der Waals surface area (Å²) >= 11 is 0. The first-order valence-corrected chi connectivity index (χ1v) is 26.1. The van der Waals surface area contributed by atoms with Gasteiger partial charge in [-0.15, -0.1) is 0 Å². The third kappa shape index (κ3) is 41.2. The molecule has 0 saturated carbocycles. The zero-order valence-corrected chi connectivity index (χ0v) is 40.1. The molecule has 2 atom stereocenters. The normalized spacial score (nSPS) is 12.3. The summed E-state index contributed by atoms with van der Waals surface area (Å²) in [5, 5.41) is 0. The SMILES string of the molecule is CCCCCCCCCCCC(=O)OC[C@H](OC(=O)CCCCCCCCCCC)[C@@H](COC(=O)CCCCCCCCCCC)OC(=O)CCCCCCCCCCC. The molecule has 0 bridgehead atoms. The van der Waals surface area contributed by atoms with Crippen molar-refractivity contribution in [3.63, 3.8) is 0 Å². The van der Waals surface area contributed by atoms with E-state index in [1.54, 1.807) is 0 Å². The smallest absolute Gasteiger partial charge is 0.306 e. The van der Waals surface area contributed by atoms with Crippen molar-refractivity contribution in [2.24, 2.45) is 0 Å². The maximum Gasteiger partial charge on any atom is 0.306 e. The maximum atomic E-state index is 13.2. The third-order valence-corrected chi connectivity index (χ3v) is 11.7. The van der Waals surface area contributed by atoms with E-state index >= 15 is 0 Å². The number of hydrogen-bond acceptors (Lipinski definition) is 8. The van der Waals surface area contributed by atoms with Crippen LogP contribution in [0.4, 0.5) is 0 Å². The van der Waals surface area contributed by atoms with Gasteiger partial charge in [0.15, 0.2) is 12.2 Å². The van der Waals surface area contributed by atoms with Gasteiger partial charge in [-0.1, -0.05) is 233 Å². The Morgan fingerprint density at radius 3 is 0.667 bits per heavy atom. The van der Waals surface area contributed by atoms with Crippen molar-refractivity contribution in [2.45, 2.75) is 297 Å². The molecule has 354 valence electrons. The van der Waals surface area contributed by atoms with Gasteiger partial charge in [0.05, 0.1) is 0 Å². The predicted molar refractivity (Wildman–Crippen MR) is 249 cm³/mol. The fourth-order valence-electron chi connectivity index (χ4n) is 7.70.